The number of anilines is 1. The number of nitrogens with zero attached hydrogens (tertiary/aromatic N) is 2. The van der Waals surface area contributed by atoms with Gasteiger partial charge in [-0.25, -0.2) is 9.78 Å². The zero-order valence-corrected chi connectivity index (χ0v) is 18.5. The Balaban J connectivity index is 1.78. The number of thiazole rings is 1. The minimum Gasteiger partial charge on any atom is -0.465 e. The molecule has 9 heteroatoms. The Morgan fingerprint density at radius 3 is 2.59 bits per heavy atom. The maximum Gasteiger partial charge on any atom is 0.350 e. The van der Waals surface area contributed by atoms with Gasteiger partial charge in [-0.3, -0.25) is 14.5 Å². The molecule has 1 atom stereocenters. The van der Waals surface area contributed by atoms with Crippen LogP contribution in [0.1, 0.15) is 43.1 Å². The Bertz CT molecular complexity index is 1460. The first-order chi connectivity index (χ1) is 15.4. The molecule has 0 saturated heterocycles. The summed E-state index contributed by atoms with van der Waals surface area (Å²) in [6.07, 6.45) is 0. The number of para-hydroxylation sites is 1. The topological polar surface area (TPSA) is 89.7 Å². The summed E-state index contributed by atoms with van der Waals surface area (Å²) >= 11 is 7.09. The van der Waals surface area contributed by atoms with Gasteiger partial charge in [-0.1, -0.05) is 47.2 Å². The second-order valence-corrected chi connectivity index (χ2v) is 8.62. The first-order valence-electron chi connectivity index (χ1n) is 9.61. The number of carbonyl (C=O) groups is 2. The Morgan fingerprint density at radius 2 is 1.88 bits per heavy atom. The third-order valence-corrected chi connectivity index (χ3v) is 6.71. The van der Waals surface area contributed by atoms with Crippen molar-refractivity contribution in [3.05, 3.63) is 91.2 Å². The molecule has 1 amide bonds. The summed E-state index contributed by atoms with van der Waals surface area (Å²) in [5, 5.41) is 1.17. The summed E-state index contributed by atoms with van der Waals surface area (Å²) in [4.78, 5) is 45.2. The van der Waals surface area contributed by atoms with Gasteiger partial charge in [-0.2, -0.15) is 0 Å². The van der Waals surface area contributed by atoms with Gasteiger partial charge in [0.05, 0.1) is 29.8 Å². The standard InChI is InChI=1S/C23H15ClN2O5S/c1-11-20(22(29)30-2)32-23(25-11)26-17(12-7-9-13(24)10-8-12)16-18(27)14-5-3-4-6-15(14)31-19(16)21(26)28/h3-10,17H,1-2H3/t17-/m1/s1. The lowest BCUT2D eigenvalue weighted by atomic mass is 9.99. The number of methoxy groups -OCH3 is 1. The number of esters is 1. The van der Waals surface area contributed by atoms with Crippen LogP contribution in [0.25, 0.3) is 11.0 Å². The van der Waals surface area contributed by atoms with E-state index in [1.165, 1.54) is 12.0 Å². The van der Waals surface area contributed by atoms with Gasteiger partial charge < -0.3 is 9.15 Å². The van der Waals surface area contributed by atoms with E-state index in [0.717, 1.165) is 11.3 Å². The highest BCUT2D eigenvalue weighted by molar-refractivity contribution is 7.17. The van der Waals surface area contributed by atoms with E-state index in [2.05, 4.69) is 4.98 Å². The zero-order chi connectivity index (χ0) is 22.6. The first kappa shape index (κ1) is 20.4. The van der Waals surface area contributed by atoms with Crippen LogP contribution in [0.2, 0.25) is 5.02 Å². The molecule has 2 aromatic carbocycles. The van der Waals surface area contributed by atoms with E-state index in [9.17, 15) is 14.4 Å². The number of rotatable bonds is 3. The summed E-state index contributed by atoms with van der Waals surface area (Å²) in [6, 6.07) is 12.9. The van der Waals surface area contributed by atoms with E-state index < -0.39 is 17.9 Å². The highest BCUT2D eigenvalue weighted by Gasteiger charge is 2.45. The summed E-state index contributed by atoms with van der Waals surface area (Å²) in [5.41, 5.74) is 1.35. The summed E-state index contributed by atoms with van der Waals surface area (Å²) in [6.45, 7) is 1.66. The summed E-state index contributed by atoms with van der Waals surface area (Å²) in [5.74, 6) is -1.09. The number of carbonyl (C=O) groups excluding carboxylic acids is 2. The molecule has 0 bridgehead atoms. The molecular formula is C23H15ClN2O5S. The number of aryl methyl sites for hydroxylation is 1. The second-order valence-electron chi connectivity index (χ2n) is 7.20. The second kappa shape index (κ2) is 7.58. The Labute approximate surface area is 190 Å². The monoisotopic (exact) mass is 466 g/mol. The van der Waals surface area contributed by atoms with Gasteiger partial charge in [0, 0.05) is 5.02 Å². The van der Waals surface area contributed by atoms with E-state index in [1.807, 2.05) is 0 Å². The SMILES string of the molecule is COC(=O)c1sc(N2C(=O)c3oc4ccccc4c(=O)c3[C@H]2c2ccc(Cl)cc2)nc1C. The van der Waals surface area contributed by atoms with Crippen LogP contribution in [-0.2, 0) is 4.74 Å². The van der Waals surface area contributed by atoms with Crippen molar-refractivity contribution in [2.75, 3.05) is 12.0 Å². The van der Waals surface area contributed by atoms with Crippen molar-refractivity contribution in [1.82, 2.24) is 4.98 Å². The van der Waals surface area contributed by atoms with E-state index in [-0.39, 0.29) is 26.8 Å². The molecule has 160 valence electrons. The molecule has 32 heavy (non-hydrogen) atoms. The van der Waals surface area contributed by atoms with Crippen LogP contribution >= 0.6 is 22.9 Å². The molecule has 0 aliphatic carbocycles. The molecule has 0 fully saturated rings. The molecule has 0 N–H and O–H groups in total. The third-order valence-electron chi connectivity index (χ3n) is 5.33. The predicted octanol–water partition coefficient (Wildman–Crippen LogP) is 4.75. The highest BCUT2D eigenvalue weighted by atomic mass is 35.5. The molecule has 5 rings (SSSR count). The molecule has 0 spiro atoms. The minimum absolute atomic E-state index is 0.0406. The minimum atomic E-state index is -0.785. The van der Waals surface area contributed by atoms with Crippen LogP contribution in [0.15, 0.2) is 57.7 Å². The van der Waals surface area contributed by atoms with Gasteiger partial charge in [-0.15, -0.1) is 0 Å². The van der Waals surface area contributed by atoms with E-state index in [4.69, 9.17) is 20.8 Å². The average molecular weight is 467 g/mol. The first-order valence-corrected chi connectivity index (χ1v) is 10.8. The van der Waals surface area contributed by atoms with Crippen molar-refractivity contribution in [2.24, 2.45) is 0 Å². The molecule has 3 heterocycles. The fraction of sp³-hybridized carbons (Fsp3) is 0.130. The molecule has 0 radical (unpaired) electrons. The van der Waals surface area contributed by atoms with Crippen molar-refractivity contribution in [2.45, 2.75) is 13.0 Å². The van der Waals surface area contributed by atoms with Crippen LogP contribution in [0.5, 0.6) is 0 Å². The van der Waals surface area contributed by atoms with Gasteiger partial charge in [0.25, 0.3) is 5.91 Å². The molecule has 2 aromatic heterocycles. The maximum atomic E-state index is 13.5. The van der Waals surface area contributed by atoms with E-state index >= 15 is 0 Å². The van der Waals surface area contributed by atoms with Gasteiger partial charge in [0.2, 0.25) is 5.76 Å². The van der Waals surface area contributed by atoms with Crippen LogP contribution in [0.3, 0.4) is 0 Å². The predicted molar refractivity (Wildman–Crippen MR) is 121 cm³/mol. The van der Waals surface area contributed by atoms with Crippen molar-refractivity contribution in [3.8, 4) is 0 Å². The maximum absolute atomic E-state index is 13.5. The van der Waals surface area contributed by atoms with Crippen LogP contribution in [-0.4, -0.2) is 24.0 Å². The normalized spacial score (nSPS) is 15.3. The van der Waals surface area contributed by atoms with Crippen LogP contribution in [0, 0.1) is 6.92 Å². The molecule has 7 nitrogen and oxygen atoms in total. The highest BCUT2D eigenvalue weighted by Crippen LogP contribution is 2.43. The van der Waals surface area contributed by atoms with E-state index in [1.54, 1.807) is 55.5 Å². The number of aromatic nitrogens is 1. The smallest absolute Gasteiger partial charge is 0.350 e. The van der Waals surface area contributed by atoms with Gasteiger partial charge >= 0.3 is 5.97 Å². The van der Waals surface area contributed by atoms with E-state index in [0.29, 0.717) is 27.2 Å². The number of hydrogen-bond acceptors (Lipinski definition) is 7. The van der Waals surface area contributed by atoms with Gasteiger partial charge in [0.15, 0.2) is 10.6 Å². The van der Waals surface area contributed by atoms with Crippen molar-refractivity contribution in [1.29, 1.82) is 0 Å². The van der Waals surface area contributed by atoms with Crippen LogP contribution in [0.4, 0.5) is 5.13 Å². The number of benzene rings is 2. The lowest BCUT2D eigenvalue weighted by Gasteiger charge is -2.22. The largest absolute Gasteiger partial charge is 0.465 e. The van der Waals surface area contributed by atoms with Gasteiger partial charge in [-0.05, 0) is 36.8 Å². The lowest BCUT2D eigenvalue weighted by Crippen LogP contribution is -2.29. The Kier molecular flexibility index (Phi) is 4.83. The average Bonchev–Trinajstić information content (AvgIpc) is 3.31. The fourth-order valence-corrected chi connectivity index (χ4v) is 4.98. The zero-order valence-electron chi connectivity index (χ0n) is 16.9. The summed E-state index contributed by atoms with van der Waals surface area (Å²) < 4.78 is 10.7. The number of halogens is 1. The molecule has 1 aliphatic heterocycles. The molecule has 1 aliphatic rings. The molecular weight excluding hydrogens is 452 g/mol. The quantitative estimate of drug-likeness (QED) is 0.405. The third kappa shape index (κ3) is 3.03. The molecule has 4 aromatic rings. The van der Waals surface area contributed by atoms with Crippen molar-refractivity contribution < 1.29 is 18.7 Å². The van der Waals surface area contributed by atoms with Crippen molar-refractivity contribution in [3.63, 3.8) is 0 Å². The fourth-order valence-electron chi connectivity index (χ4n) is 3.84. The Hall–Kier alpha value is -3.49. The number of fused-ring (bicyclic) bond motifs is 2. The molecule has 0 unspecified atom stereocenters. The van der Waals surface area contributed by atoms with Gasteiger partial charge in [0.1, 0.15) is 10.5 Å². The lowest BCUT2D eigenvalue weighted by molar-refractivity contribution is 0.0605. The Morgan fingerprint density at radius 1 is 1.16 bits per heavy atom. The number of amides is 1. The molecule has 0 saturated carbocycles. The van der Waals surface area contributed by atoms with Crippen molar-refractivity contribution >= 4 is 50.9 Å². The number of ether oxygens (including phenoxy) is 1. The summed E-state index contributed by atoms with van der Waals surface area (Å²) in [7, 11) is 1.28. The van der Waals surface area contributed by atoms with Crippen LogP contribution < -0.4 is 10.3 Å². The number of hydrogen-bond donors (Lipinski definition) is 0.